The summed E-state index contributed by atoms with van der Waals surface area (Å²) in [5.41, 5.74) is 10.2. The summed E-state index contributed by atoms with van der Waals surface area (Å²) in [4.78, 5) is 20.9. The average Bonchev–Trinajstić information content (AvgIpc) is 2.15. The Morgan fingerprint density at radius 2 is 2.06 bits per heavy atom. The van der Waals surface area contributed by atoms with Crippen molar-refractivity contribution in [3.8, 4) is 0 Å². The van der Waals surface area contributed by atoms with Crippen molar-refractivity contribution >= 4 is 34.6 Å². The number of carbonyl (C=O) groups excluding carboxylic acids is 1. The quantitative estimate of drug-likeness (QED) is 0.397. The fraction of sp³-hybridized carbons (Fsp3) is 0. The van der Waals surface area contributed by atoms with Gasteiger partial charge in [-0.15, -0.1) is 0 Å². The normalized spacial score (nSPS) is 9.50. The van der Waals surface area contributed by atoms with Crippen molar-refractivity contribution < 1.29 is 9.72 Å². The smallest absolute Gasteiger partial charge is 0.292 e. The van der Waals surface area contributed by atoms with Gasteiger partial charge in [0.2, 0.25) is 5.91 Å². The van der Waals surface area contributed by atoms with E-state index in [9.17, 15) is 14.9 Å². The summed E-state index contributed by atoms with van der Waals surface area (Å²) in [6, 6.07) is 3.63. The molecule has 0 aliphatic rings. The van der Waals surface area contributed by atoms with Crippen molar-refractivity contribution in [2.24, 2.45) is 11.5 Å². The van der Waals surface area contributed by atoms with Gasteiger partial charge in [0.15, 0.2) is 5.11 Å². The maximum absolute atomic E-state index is 10.9. The van der Waals surface area contributed by atoms with Crippen molar-refractivity contribution in [1.82, 2.24) is 0 Å². The van der Waals surface area contributed by atoms with Gasteiger partial charge in [-0.1, -0.05) is 0 Å². The van der Waals surface area contributed by atoms with Crippen molar-refractivity contribution in [3.05, 3.63) is 33.9 Å². The molecule has 0 heterocycles. The highest BCUT2D eigenvalue weighted by Gasteiger charge is 2.15. The number of hydrogen-bond acceptors (Lipinski definition) is 4. The van der Waals surface area contributed by atoms with Crippen LogP contribution in [0.2, 0.25) is 0 Å². The molecule has 7 nitrogen and oxygen atoms in total. The van der Waals surface area contributed by atoms with E-state index >= 15 is 0 Å². The molecule has 5 N–H and O–H groups in total. The van der Waals surface area contributed by atoms with E-state index in [2.05, 4.69) is 17.5 Å². The van der Waals surface area contributed by atoms with Crippen LogP contribution >= 0.6 is 12.2 Å². The van der Waals surface area contributed by atoms with Crippen molar-refractivity contribution in [2.45, 2.75) is 0 Å². The Labute approximate surface area is 95.6 Å². The van der Waals surface area contributed by atoms with Gasteiger partial charge in [-0.05, 0) is 24.4 Å². The van der Waals surface area contributed by atoms with Gasteiger partial charge >= 0.3 is 0 Å². The van der Waals surface area contributed by atoms with E-state index in [4.69, 9.17) is 11.5 Å². The second-order valence-electron chi connectivity index (χ2n) is 2.84. The Bertz CT molecular complexity index is 474. The monoisotopic (exact) mass is 240 g/mol. The predicted molar refractivity (Wildman–Crippen MR) is 62.0 cm³/mol. The molecule has 0 spiro atoms. The van der Waals surface area contributed by atoms with Gasteiger partial charge in [0, 0.05) is 11.6 Å². The minimum Gasteiger partial charge on any atom is -0.376 e. The van der Waals surface area contributed by atoms with Crippen LogP contribution in [0, 0.1) is 10.1 Å². The number of thiocarbonyl (C=S) groups is 1. The fourth-order valence-electron chi connectivity index (χ4n) is 1.08. The van der Waals surface area contributed by atoms with Crippen molar-refractivity contribution in [2.75, 3.05) is 5.32 Å². The number of nitrogens with one attached hydrogen (secondary N) is 1. The van der Waals surface area contributed by atoms with E-state index < -0.39 is 10.8 Å². The topological polar surface area (TPSA) is 124 Å². The largest absolute Gasteiger partial charge is 0.376 e. The Morgan fingerprint density at radius 3 is 2.50 bits per heavy atom. The average molecular weight is 240 g/mol. The molecule has 0 radical (unpaired) electrons. The zero-order chi connectivity index (χ0) is 12.3. The highest BCUT2D eigenvalue weighted by molar-refractivity contribution is 7.80. The van der Waals surface area contributed by atoms with Gasteiger partial charge in [0.05, 0.1) is 4.92 Å². The molecule has 0 atom stereocenters. The maximum atomic E-state index is 10.9. The predicted octanol–water partition coefficient (Wildman–Crippen LogP) is 0.349. The molecule has 1 aromatic carbocycles. The molecule has 84 valence electrons. The fourth-order valence-corrected chi connectivity index (χ4v) is 1.19. The van der Waals surface area contributed by atoms with Gasteiger partial charge in [0.25, 0.3) is 5.69 Å². The van der Waals surface area contributed by atoms with Crippen LogP contribution in [0.1, 0.15) is 10.4 Å². The van der Waals surface area contributed by atoms with E-state index in [-0.39, 0.29) is 22.1 Å². The molecular weight excluding hydrogens is 232 g/mol. The first-order chi connectivity index (χ1) is 7.41. The summed E-state index contributed by atoms with van der Waals surface area (Å²) in [5.74, 6) is -0.694. The number of hydrogen-bond donors (Lipinski definition) is 3. The lowest BCUT2D eigenvalue weighted by atomic mass is 10.1. The molecular formula is C8H8N4O3S. The first kappa shape index (κ1) is 11.9. The lowest BCUT2D eigenvalue weighted by molar-refractivity contribution is -0.383. The Hall–Kier alpha value is -2.22. The van der Waals surface area contributed by atoms with Gasteiger partial charge in [-0.3, -0.25) is 14.9 Å². The molecule has 0 aliphatic carbocycles. The summed E-state index contributed by atoms with van der Waals surface area (Å²) in [6.45, 7) is 0. The number of amides is 1. The summed E-state index contributed by atoms with van der Waals surface area (Å²) in [5, 5.41) is 12.9. The molecule has 0 aromatic heterocycles. The van der Waals surface area contributed by atoms with Crippen molar-refractivity contribution in [1.29, 1.82) is 0 Å². The van der Waals surface area contributed by atoms with Crippen LogP contribution in [0.3, 0.4) is 0 Å². The third-order valence-corrected chi connectivity index (χ3v) is 1.84. The third-order valence-electron chi connectivity index (χ3n) is 1.74. The molecule has 1 amide bonds. The lowest BCUT2D eigenvalue weighted by Gasteiger charge is -2.05. The summed E-state index contributed by atoms with van der Waals surface area (Å²) < 4.78 is 0. The molecule has 0 unspecified atom stereocenters. The van der Waals surface area contributed by atoms with Gasteiger partial charge in [0.1, 0.15) is 5.69 Å². The van der Waals surface area contributed by atoms with Crippen LogP contribution in [0.4, 0.5) is 11.4 Å². The number of primary amides is 1. The number of anilines is 1. The molecule has 8 heteroatoms. The van der Waals surface area contributed by atoms with E-state index in [1.165, 1.54) is 12.1 Å². The first-order valence-corrected chi connectivity index (χ1v) is 4.47. The molecule has 0 bridgehead atoms. The Kier molecular flexibility index (Phi) is 3.36. The minimum absolute atomic E-state index is 0.0359. The van der Waals surface area contributed by atoms with Crippen LogP contribution < -0.4 is 16.8 Å². The number of rotatable bonds is 3. The van der Waals surface area contributed by atoms with Crippen LogP contribution in [0.25, 0.3) is 0 Å². The molecule has 1 aromatic rings. The van der Waals surface area contributed by atoms with E-state index in [1.807, 2.05) is 0 Å². The van der Waals surface area contributed by atoms with Crippen LogP contribution in [0.5, 0.6) is 0 Å². The van der Waals surface area contributed by atoms with Gasteiger partial charge in [-0.25, -0.2) is 0 Å². The molecule has 0 fully saturated rings. The SMILES string of the molecule is NC(=O)c1ccc([N+](=O)[O-])c(NC(N)=S)c1. The number of benzene rings is 1. The third kappa shape index (κ3) is 2.64. The maximum Gasteiger partial charge on any atom is 0.292 e. The number of nitrogens with two attached hydrogens (primary N) is 2. The summed E-state index contributed by atoms with van der Waals surface area (Å²) >= 11 is 4.56. The number of carbonyl (C=O) groups is 1. The zero-order valence-corrected chi connectivity index (χ0v) is 8.78. The Balaban J connectivity index is 3.26. The van der Waals surface area contributed by atoms with Crippen molar-refractivity contribution in [3.63, 3.8) is 0 Å². The second kappa shape index (κ2) is 4.53. The number of nitro benzene ring substituents is 1. The summed E-state index contributed by atoms with van der Waals surface area (Å²) in [6.07, 6.45) is 0. The second-order valence-corrected chi connectivity index (χ2v) is 3.28. The number of nitrogens with zero attached hydrogens (tertiary/aromatic N) is 1. The lowest BCUT2D eigenvalue weighted by Crippen LogP contribution is -2.20. The standard InChI is InChI=1S/C8H8N4O3S/c9-7(13)4-1-2-6(12(14)15)5(3-4)11-8(10)16/h1-3H,(H2,9,13)(H3,10,11,16). The van der Waals surface area contributed by atoms with E-state index in [0.29, 0.717) is 0 Å². The summed E-state index contributed by atoms with van der Waals surface area (Å²) in [7, 11) is 0. The highest BCUT2D eigenvalue weighted by atomic mass is 32.1. The molecule has 0 saturated carbocycles. The van der Waals surface area contributed by atoms with Crippen LogP contribution in [-0.2, 0) is 0 Å². The van der Waals surface area contributed by atoms with E-state index in [0.717, 1.165) is 6.07 Å². The molecule has 16 heavy (non-hydrogen) atoms. The molecule has 1 rings (SSSR count). The van der Waals surface area contributed by atoms with Gasteiger partial charge in [-0.2, -0.15) is 0 Å². The molecule has 0 saturated heterocycles. The Morgan fingerprint density at radius 1 is 1.44 bits per heavy atom. The van der Waals surface area contributed by atoms with Gasteiger partial charge < -0.3 is 16.8 Å². The first-order valence-electron chi connectivity index (χ1n) is 4.06. The molecule has 0 aliphatic heterocycles. The van der Waals surface area contributed by atoms with Crippen LogP contribution in [-0.4, -0.2) is 15.9 Å². The number of nitro groups is 1. The van der Waals surface area contributed by atoms with E-state index in [1.54, 1.807) is 0 Å². The minimum atomic E-state index is -0.694. The zero-order valence-electron chi connectivity index (χ0n) is 7.97. The highest BCUT2D eigenvalue weighted by Crippen LogP contribution is 2.25. The van der Waals surface area contributed by atoms with Crippen LogP contribution in [0.15, 0.2) is 18.2 Å².